The number of aliphatic carboxylic acids is 1. The van der Waals surface area contributed by atoms with Gasteiger partial charge in [-0.1, -0.05) is 18.2 Å². The molecule has 3 nitrogen and oxygen atoms in total. The van der Waals surface area contributed by atoms with Gasteiger partial charge in [-0.3, -0.25) is 4.79 Å². The fraction of sp³-hybridized carbons (Fsp3) is 0.533. The van der Waals surface area contributed by atoms with Crippen molar-refractivity contribution >= 4 is 5.97 Å². The Hall–Kier alpha value is -1.42. The summed E-state index contributed by atoms with van der Waals surface area (Å²) in [6.45, 7) is 0.739. The third-order valence-electron chi connectivity index (χ3n) is 3.86. The molecule has 1 saturated carbocycles. The first-order valence-electron chi connectivity index (χ1n) is 6.86. The van der Waals surface area contributed by atoms with Gasteiger partial charge in [0.2, 0.25) is 0 Å². The maximum atomic E-state index is 13.4. The van der Waals surface area contributed by atoms with Crippen LogP contribution in [0.15, 0.2) is 24.3 Å². The molecule has 0 spiro atoms. The smallest absolute Gasteiger partial charge is 0.306 e. The maximum Gasteiger partial charge on any atom is 0.306 e. The standard InChI is InChI=1S/C15H20FNO2/c16-14-4-2-1-3-11(14)9-10-17-13-7-5-12(6-8-13)15(18)19/h1-4,12-13,17H,5-10H2,(H,18,19). The van der Waals surface area contributed by atoms with E-state index in [1.807, 2.05) is 6.07 Å². The fourth-order valence-electron chi connectivity index (χ4n) is 2.66. The van der Waals surface area contributed by atoms with E-state index in [0.29, 0.717) is 12.5 Å². The summed E-state index contributed by atoms with van der Waals surface area (Å²) in [5.41, 5.74) is 0.731. The Morgan fingerprint density at radius 1 is 1.26 bits per heavy atom. The second-order valence-corrected chi connectivity index (χ2v) is 5.18. The van der Waals surface area contributed by atoms with Crippen LogP contribution in [0.25, 0.3) is 0 Å². The molecule has 1 aliphatic rings. The van der Waals surface area contributed by atoms with E-state index in [2.05, 4.69) is 5.32 Å². The predicted octanol–water partition coefficient (Wildman–Crippen LogP) is 2.60. The maximum absolute atomic E-state index is 13.4. The van der Waals surface area contributed by atoms with E-state index in [0.717, 1.165) is 37.8 Å². The monoisotopic (exact) mass is 265 g/mol. The largest absolute Gasteiger partial charge is 0.481 e. The highest BCUT2D eigenvalue weighted by atomic mass is 19.1. The van der Waals surface area contributed by atoms with E-state index in [1.54, 1.807) is 12.1 Å². The van der Waals surface area contributed by atoms with Crippen LogP contribution < -0.4 is 5.32 Å². The Labute approximate surface area is 112 Å². The molecule has 104 valence electrons. The minimum atomic E-state index is -0.676. The first-order valence-corrected chi connectivity index (χ1v) is 6.86. The Bertz CT molecular complexity index is 428. The van der Waals surface area contributed by atoms with Gasteiger partial charge in [-0.05, 0) is 50.3 Å². The van der Waals surface area contributed by atoms with Crippen LogP contribution in [0.4, 0.5) is 4.39 Å². The highest BCUT2D eigenvalue weighted by Crippen LogP contribution is 2.24. The summed E-state index contributed by atoms with van der Waals surface area (Å²) in [5.74, 6) is -1.01. The molecule has 2 rings (SSSR count). The SMILES string of the molecule is O=C(O)C1CCC(NCCc2ccccc2F)CC1. The van der Waals surface area contributed by atoms with Crippen LogP contribution in [-0.4, -0.2) is 23.7 Å². The summed E-state index contributed by atoms with van der Waals surface area (Å²) in [6.07, 6.45) is 3.95. The molecule has 2 N–H and O–H groups in total. The molecule has 0 aromatic heterocycles. The van der Waals surface area contributed by atoms with Crippen molar-refractivity contribution in [2.24, 2.45) is 5.92 Å². The summed E-state index contributed by atoms with van der Waals surface area (Å²) < 4.78 is 13.4. The van der Waals surface area contributed by atoms with Crippen LogP contribution in [0.2, 0.25) is 0 Å². The second-order valence-electron chi connectivity index (χ2n) is 5.18. The van der Waals surface area contributed by atoms with Crippen molar-refractivity contribution < 1.29 is 14.3 Å². The van der Waals surface area contributed by atoms with Gasteiger partial charge in [-0.15, -0.1) is 0 Å². The number of carboxylic acid groups (broad SMARTS) is 1. The van der Waals surface area contributed by atoms with Crippen molar-refractivity contribution in [1.29, 1.82) is 0 Å². The zero-order chi connectivity index (χ0) is 13.7. The lowest BCUT2D eigenvalue weighted by Gasteiger charge is -2.27. The van der Waals surface area contributed by atoms with Crippen LogP contribution >= 0.6 is 0 Å². The van der Waals surface area contributed by atoms with Crippen molar-refractivity contribution in [3.05, 3.63) is 35.6 Å². The molecular weight excluding hydrogens is 245 g/mol. The van der Waals surface area contributed by atoms with Crippen LogP contribution in [-0.2, 0) is 11.2 Å². The minimum absolute atomic E-state index is 0.154. The van der Waals surface area contributed by atoms with E-state index in [-0.39, 0.29) is 11.7 Å². The van der Waals surface area contributed by atoms with Crippen molar-refractivity contribution in [1.82, 2.24) is 5.32 Å². The van der Waals surface area contributed by atoms with E-state index in [1.165, 1.54) is 6.07 Å². The Morgan fingerprint density at radius 3 is 2.58 bits per heavy atom. The number of rotatable bonds is 5. The highest BCUT2D eigenvalue weighted by Gasteiger charge is 2.25. The van der Waals surface area contributed by atoms with Gasteiger partial charge in [0.05, 0.1) is 5.92 Å². The Kier molecular flexibility index (Phi) is 4.91. The van der Waals surface area contributed by atoms with E-state index < -0.39 is 5.97 Å². The topological polar surface area (TPSA) is 49.3 Å². The van der Waals surface area contributed by atoms with Gasteiger partial charge in [0.15, 0.2) is 0 Å². The molecule has 0 bridgehead atoms. The van der Waals surface area contributed by atoms with Crippen molar-refractivity contribution in [2.75, 3.05) is 6.54 Å². The Morgan fingerprint density at radius 2 is 1.95 bits per heavy atom. The molecule has 1 fully saturated rings. The number of carbonyl (C=O) groups is 1. The molecule has 0 unspecified atom stereocenters. The molecule has 1 aliphatic carbocycles. The quantitative estimate of drug-likeness (QED) is 0.860. The number of carboxylic acids is 1. The first kappa shape index (κ1) is 14.0. The van der Waals surface area contributed by atoms with Gasteiger partial charge in [0, 0.05) is 6.04 Å². The zero-order valence-corrected chi connectivity index (χ0v) is 10.9. The van der Waals surface area contributed by atoms with Gasteiger partial charge < -0.3 is 10.4 Å². The van der Waals surface area contributed by atoms with Crippen LogP contribution in [0.3, 0.4) is 0 Å². The van der Waals surface area contributed by atoms with Crippen LogP contribution in [0.1, 0.15) is 31.2 Å². The number of nitrogens with one attached hydrogen (secondary N) is 1. The number of benzene rings is 1. The number of hydrogen-bond acceptors (Lipinski definition) is 2. The minimum Gasteiger partial charge on any atom is -0.481 e. The van der Waals surface area contributed by atoms with E-state index in [4.69, 9.17) is 5.11 Å². The molecule has 1 aromatic rings. The van der Waals surface area contributed by atoms with E-state index >= 15 is 0 Å². The lowest BCUT2D eigenvalue weighted by Crippen LogP contribution is -2.36. The molecule has 0 amide bonds. The molecule has 1 aromatic carbocycles. The van der Waals surface area contributed by atoms with Gasteiger partial charge in [-0.25, -0.2) is 4.39 Å². The van der Waals surface area contributed by atoms with Crippen molar-refractivity contribution in [2.45, 2.75) is 38.1 Å². The normalized spacial score (nSPS) is 23.2. The van der Waals surface area contributed by atoms with Crippen molar-refractivity contribution in [3.63, 3.8) is 0 Å². The summed E-state index contributed by atoms with van der Waals surface area (Å²) in [5, 5.41) is 12.3. The molecule has 19 heavy (non-hydrogen) atoms. The molecule has 0 aliphatic heterocycles. The number of halogens is 1. The summed E-state index contributed by atoms with van der Waals surface area (Å²) in [6, 6.07) is 7.20. The lowest BCUT2D eigenvalue weighted by atomic mass is 9.86. The molecular formula is C15H20FNO2. The fourth-order valence-corrected chi connectivity index (χ4v) is 2.66. The highest BCUT2D eigenvalue weighted by molar-refractivity contribution is 5.70. The summed E-state index contributed by atoms with van der Waals surface area (Å²) in [4.78, 5) is 10.8. The lowest BCUT2D eigenvalue weighted by molar-refractivity contribution is -0.142. The average Bonchev–Trinajstić information content (AvgIpc) is 2.41. The van der Waals surface area contributed by atoms with Crippen LogP contribution in [0.5, 0.6) is 0 Å². The molecule has 4 heteroatoms. The molecule has 0 saturated heterocycles. The zero-order valence-electron chi connectivity index (χ0n) is 10.9. The molecule has 0 atom stereocenters. The summed E-state index contributed by atoms with van der Waals surface area (Å²) in [7, 11) is 0. The van der Waals surface area contributed by atoms with Gasteiger partial charge in [-0.2, -0.15) is 0 Å². The predicted molar refractivity (Wildman–Crippen MR) is 71.5 cm³/mol. The third-order valence-corrected chi connectivity index (χ3v) is 3.86. The van der Waals surface area contributed by atoms with E-state index in [9.17, 15) is 9.18 Å². The second kappa shape index (κ2) is 6.66. The summed E-state index contributed by atoms with van der Waals surface area (Å²) >= 11 is 0. The van der Waals surface area contributed by atoms with Gasteiger partial charge >= 0.3 is 5.97 Å². The van der Waals surface area contributed by atoms with Gasteiger partial charge in [0.1, 0.15) is 5.82 Å². The first-order chi connectivity index (χ1) is 9.16. The Balaban J connectivity index is 1.70. The molecule has 0 radical (unpaired) electrons. The van der Waals surface area contributed by atoms with Crippen molar-refractivity contribution in [3.8, 4) is 0 Å². The average molecular weight is 265 g/mol. The number of hydrogen-bond donors (Lipinski definition) is 2. The third kappa shape index (κ3) is 4.03. The molecule has 0 heterocycles. The van der Waals surface area contributed by atoms with Gasteiger partial charge in [0.25, 0.3) is 0 Å². The van der Waals surface area contributed by atoms with Crippen LogP contribution in [0, 0.1) is 11.7 Å².